The van der Waals surface area contributed by atoms with E-state index in [9.17, 15) is 4.79 Å². The van der Waals surface area contributed by atoms with E-state index in [0.29, 0.717) is 12.2 Å². The number of esters is 1. The van der Waals surface area contributed by atoms with E-state index in [1.807, 2.05) is 11.8 Å². The van der Waals surface area contributed by atoms with E-state index in [1.54, 1.807) is 6.92 Å². The van der Waals surface area contributed by atoms with Gasteiger partial charge < -0.3 is 4.74 Å². The summed E-state index contributed by atoms with van der Waals surface area (Å²) >= 11 is 1.85. The smallest absolute Gasteiger partial charge is 0.333 e. The van der Waals surface area contributed by atoms with Gasteiger partial charge in [0.25, 0.3) is 0 Å². The molecule has 0 amide bonds. The normalized spacial score (nSPS) is 9.50. The van der Waals surface area contributed by atoms with Crippen molar-refractivity contribution in [2.75, 3.05) is 18.1 Å². The number of ether oxygens (including phenoxy) is 1. The largest absolute Gasteiger partial charge is 0.462 e. The monoisotopic (exact) mass is 188 g/mol. The van der Waals surface area contributed by atoms with Crippen LogP contribution >= 0.6 is 11.8 Å². The lowest BCUT2D eigenvalue weighted by molar-refractivity contribution is -0.138. The Morgan fingerprint density at radius 3 is 2.75 bits per heavy atom. The van der Waals surface area contributed by atoms with Crippen LogP contribution in [0.4, 0.5) is 0 Å². The van der Waals surface area contributed by atoms with Gasteiger partial charge in [0.1, 0.15) is 0 Å². The van der Waals surface area contributed by atoms with Crippen LogP contribution in [-0.2, 0) is 9.53 Å². The summed E-state index contributed by atoms with van der Waals surface area (Å²) in [7, 11) is 0. The first-order chi connectivity index (χ1) is 5.68. The van der Waals surface area contributed by atoms with Crippen molar-refractivity contribution in [2.24, 2.45) is 0 Å². The van der Waals surface area contributed by atoms with E-state index in [-0.39, 0.29) is 5.97 Å². The molecule has 0 spiro atoms. The average Bonchev–Trinajstić information content (AvgIpc) is 2.03. The SMILES string of the molecule is C=C(C)C(=O)OCCCSCC. The third kappa shape index (κ3) is 6.28. The second-order valence-electron chi connectivity index (χ2n) is 2.47. The molecular weight excluding hydrogens is 172 g/mol. The minimum absolute atomic E-state index is 0.281. The molecule has 2 nitrogen and oxygen atoms in total. The molecule has 0 aliphatic rings. The predicted octanol–water partition coefficient (Wildman–Crippen LogP) is 2.25. The molecule has 0 aromatic rings. The zero-order valence-corrected chi connectivity index (χ0v) is 8.58. The molecule has 0 unspecified atom stereocenters. The lowest BCUT2D eigenvalue weighted by Gasteiger charge is -2.02. The Kier molecular flexibility index (Phi) is 6.96. The van der Waals surface area contributed by atoms with Gasteiger partial charge in [-0.2, -0.15) is 11.8 Å². The van der Waals surface area contributed by atoms with Crippen molar-refractivity contribution in [2.45, 2.75) is 20.3 Å². The molecule has 0 aromatic heterocycles. The highest BCUT2D eigenvalue weighted by molar-refractivity contribution is 7.99. The third-order valence-corrected chi connectivity index (χ3v) is 2.20. The number of rotatable bonds is 6. The summed E-state index contributed by atoms with van der Waals surface area (Å²) < 4.78 is 4.90. The van der Waals surface area contributed by atoms with E-state index in [2.05, 4.69) is 13.5 Å². The zero-order valence-electron chi connectivity index (χ0n) is 7.76. The lowest BCUT2D eigenvalue weighted by atomic mass is 10.4. The topological polar surface area (TPSA) is 26.3 Å². The van der Waals surface area contributed by atoms with Crippen LogP contribution in [0.5, 0.6) is 0 Å². The molecule has 0 rings (SSSR count). The highest BCUT2D eigenvalue weighted by Gasteiger charge is 2.01. The van der Waals surface area contributed by atoms with E-state index < -0.39 is 0 Å². The maximum Gasteiger partial charge on any atom is 0.333 e. The molecule has 0 saturated carbocycles. The Balaban J connectivity index is 3.20. The fraction of sp³-hybridized carbons (Fsp3) is 0.667. The van der Waals surface area contributed by atoms with Crippen molar-refractivity contribution in [3.63, 3.8) is 0 Å². The van der Waals surface area contributed by atoms with E-state index in [4.69, 9.17) is 4.74 Å². The molecule has 0 heterocycles. The second-order valence-corrected chi connectivity index (χ2v) is 3.86. The predicted molar refractivity (Wildman–Crippen MR) is 53.4 cm³/mol. The second kappa shape index (κ2) is 7.22. The summed E-state index contributed by atoms with van der Waals surface area (Å²) in [6, 6.07) is 0. The first-order valence-electron chi connectivity index (χ1n) is 4.08. The van der Waals surface area contributed by atoms with Gasteiger partial charge >= 0.3 is 5.97 Å². The fourth-order valence-electron chi connectivity index (χ4n) is 0.593. The molecule has 70 valence electrons. The van der Waals surface area contributed by atoms with Gasteiger partial charge in [0.05, 0.1) is 6.61 Å². The number of hydrogen-bond donors (Lipinski definition) is 0. The van der Waals surface area contributed by atoms with Crippen LogP contribution in [0.25, 0.3) is 0 Å². The van der Waals surface area contributed by atoms with Gasteiger partial charge in [-0.05, 0) is 24.9 Å². The minimum Gasteiger partial charge on any atom is -0.462 e. The Morgan fingerprint density at radius 2 is 2.25 bits per heavy atom. The highest BCUT2D eigenvalue weighted by atomic mass is 32.2. The number of hydrogen-bond acceptors (Lipinski definition) is 3. The fourth-order valence-corrected chi connectivity index (χ4v) is 1.20. The van der Waals surface area contributed by atoms with E-state index in [0.717, 1.165) is 17.9 Å². The van der Waals surface area contributed by atoms with Crippen molar-refractivity contribution in [3.8, 4) is 0 Å². The lowest BCUT2D eigenvalue weighted by Crippen LogP contribution is -2.06. The van der Waals surface area contributed by atoms with Crippen molar-refractivity contribution in [3.05, 3.63) is 12.2 Å². The van der Waals surface area contributed by atoms with Crippen LogP contribution < -0.4 is 0 Å². The van der Waals surface area contributed by atoms with Gasteiger partial charge in [-0.15, -0.1) is 0 Å². The first-order valence-corrected chi connectivity index (χ1v) is 5.24. The van der Waals surface area contributed by atoms with Crippen LogP contribution in [0.2, 0.25) is 0 Å². The van der Waals surface area contributed by atoms with Crippen LogP contribution in [-0.4, -0.2) is 24.1 Å². The summed E-state index contributed by atoms with van der Waals surface area (Å²) in [5.74, 6) is 1.89. The maximum absolute atomic E-state index is 10.8. The van der Waals surface area contributed by atoms with Gasteiger partial charge in [0.2, 0.25) is 0 Å². The van der Waals surface area contributed by atoms with Gasteiger partial charge in [0, 0.05) is 5.57 Å². The molecule has 0 aliphatic carbocycles. The van der Waals surface area contributed by atoms with Crippen LogP contribution in [0, 0.1) is 0 Å². The Hall–Kier alpha value is -0.440. The van der Waals surface area contributed by atoms with E-state index in [1.165, 1.54) is 0 Å². The molecule has 0 aromatic carbocycles. The van der Waals surface area contributed by atoms with E-state index >= 15 is 0 Å². The van der Waals surface area contributed by atoms with Crippen molar-refractivity contribution in [1.29, 1.82) is 0 Å². The quantitative estimate of drug-likeness (QED) is 0.363. The molecule has 0 saturated heterocycles. The van der Waals surface area contributed by atoms with Crippen LogP contribution in [0.3, 0.4) is 0 Å². The van der Waals surface area contributed by atoms with Crippen LogP contribution in [0.1, 0.15) is 20.3 Å². The molecule has 3 heteroatoms. The molecule has 0 fully saturated rings. The molecule has 0 radical (unpaired) electrons. The number of carbonyl (C=O) groups is 1. The molecule has 0 atom stereocenters. The van der Waals surface area contributed by atoms with Gasteiger partial charge in [-0.1, -0.05) is 13.5 Å². The number of thioether (sulfide) groups is 1. The summed E-state index contributed by atoms with van der Waals surface area (Å²) in [5.41, 5.74) is 0.471. The summed E-state index contributed by atoms with van der Waals surface area (Å²) in [4.78, 5) is 10.8. The van der Waals surface area contributed by atoms with Gasteiger partial charge in [0.15, 0.2) is 0 Å². The molecule has 0 bridgehead atoms. The molecule has 12 heavy (non-hydrogen) atoms. The summed E-state index contributed by atoms with van der Waals surface area (Å²) in [5, 5.41) is 0. The molecular formula is C9H16O2S. The summed E-state index contributed by atoms with van der Waals surface area (Å²) in [6.07, 6.45) is 0.928. The number of carbonyl (C=O) groups excluding carboxylic acids is 1. The minimum atomic E-state index is -0.281. The molecule has 0 aliphatic heterocycles. The van der Waals surface area contributed by atoms with Gasteiger partial charge in [-0.3, -0.25) is 0 Å². The highest BCUT2D eigenvalue weighted by Crippen LogP contribution is 2.01. The molecule has 0 N–H and O–H groups in total. The Bertz CT molecular complexity index is 155. The van der Waals surface area contributed by atoms with Crippen molar-refractivity contribution >= 4 is 17.7 Å². The van der Waals surface area contributed by atoms with Crippen molar-refractivity contribution in [1.82, 2.24) is 0 Å². The average molecular weight is 188 g/mol. The zero-order chi connectivity index (χ0) is 9.40. The van der Waals surface area contributed by atoms with Crippen molar-refractivity contribution < 1.29 is 9.53 Å². The Morgan fingerprint density at radius 1 is 1.58 bits per heavy atom. The summed E-state index contributed by atoms with van der Waals surface area (Å²) in [6.45, 7) is 7.77. The first kappa shape index (κ1) is 11.6. The third-order valence-electron chi connectivity index (χ3n) is 1.22. The Labute approximate surface area is 78.4 Å². The standard InChI is InChI=1S/C9H16O2S/c1-4-12-7-5-6-11-9(10)8(2)3/h2,4-7H2,1,3H3. The van der Waals surface area contributed by atoms with Crippen LogP contribution in [0.15, 0.2) is 12.2 Å². The maximum atomic E-state index is 10.8. The van der Waals surface area contributed by atoms with Gasteiger partial charge in [-0.25, -0.2) is 4.79 Å².